The third-order valence-corrected chi connectivity index (χ3v) is 11.6. The average Bonchev–Trinajstić information content (AvgIpc) is 3.90. The van der Waals surface area contributed by atoms with Gasteiger partial charge in [-0.1, -0.05) is 72.8 Å². The number of rotatable bonds is 3. The minimum atomic E-state index is -0.103. The average molecular weight is 734 g/mol. The van der Waals surface area contributed by atoms with Crippen molar-refractivity contribution in [2.24, 2.45) is 0 Å². The SMILES string of the molecule is c1cc2c3c(c1)Oc1cc(-c4nc(-n5c6ccccc6c6ccccc65)nc(-n5c6ccccc6n6c7ccccc7nc56)n4)cc4c1B3c1c(cccc1O4)O2. The first-order valence-corrected chi connectivity index (χ1v) is 18.8. The van der Waals surface area contributed by atoms with Gasteiger partial charge in [-0.2, -0.15) is 15.0 Å². The van der Waals surface area contributed by atoms with Gasteiger partial charge in [0.2, 0.25) is 17.7 Å². The molecule has 11 aromatic rings. The highest BCUT2D eigenvalue weighted by atomic mass is 16.5. The third-order valence-electron chi connectivity index (χ3n) is 11.6. The van der Waals surface area contributed by atoms with E-state index >= 15 is 0 Å². The van der Waals surface area contributed by atoms with E-state index in [1.165, 1.54) is 0 Å². The molecule has 0 spiro atoms. The largest absolute Gasteiger partial charge is 0.458 e. The van der Waals surface area contributed by atoms with E-state index in [2.05, 4.69) is 63.6 Å². The topological polar surface area (TPSA) is 93.5 Å². The first kappa shape index (κ1) is 29.4. The van der Waals surface area contributed by atoms with Crippen molar-refractivity contribution in [1.82, 2.24) is 33.5 Å². The fourth-order valence-electron chi connectivity index (χ4n) is 9.31. The van der Waals surface area contributed by atoms with Gasteiger partial charge in [0.25, 0.3) is 6.71 Å². The van der Waals surface area contributed by atoms with Crippen LogP contribution in [0.5, 0.6) is 34.5 Å². The number of hydrogen-bond donors (Lipinski definition) is 0. The molecule has 7 aromatic carbocycles. The molecule has 3 aliphatic rings. The molecule has 4 aromatic heterocycles. The number of para-hydroxylation sites is 6. The molecule has 3 aliphatic heterocycles. The molecule has 0 radical (unpaired) electrons. The molecule has 0 saturated carbocycles. The second kappa shape index (κ2) is 10.4. The normalized spacial score (nSPS) is 13.3. The van der Waals surface area contributed by atoms with Crippen LogP contribution in [0.4, 0.5) is 0 Å². The van der Waals surface area contributed by atoms with Crippen molar-refractivity contribution in [1.29, 1.82) is 0 Å². The molecule has 0 N–H and O–H groups in total. The smallest absolute Gasteiger partial charge is 0.270 e. The molecule has 7 heterocycles. The lowest BCUT2D eigenvalue weighted by atomic mass is 9.34. The maximum absolute atomic E-state index is 6.73. The molecule has 0 unspecified atom stereocenters. The Morgan fingerprint density at radius 2 is 0.895 bits per heavy atom. The highest BCUT2D eigenvalue weighted by Gasteiger charge is 2.46. The minimum Gasteiger partial charge on any atom is -0.458 e. The number of fused-ring (bicyclic) bond motifs is 8. The number of ether oxygens (including phenoxy) is 3. The summed E-state index contributed by atoms with van der Waals surface area (Å²) in [7, 11) is 0. The molecule has 0 fully saturated rings. The van der Waals surface area contributed by atoms with E-state index in [1.807, 2.05) is 95.6 Å². The molecular formula is C46H24BN7O3. The summed E-state index contributed by atoms with van der Waals surface area (Å²) in [5, 5.41) is 2.22. The van der Waals surface area contributed by atoms with Gasteiger partial charge in [-0.25, -0.2) is 9.55 Å². The minimum absolute atomic E-state index is 0.103. The Balaban J connectivity index is 1.07. The molecule has 0 bridgehead atoms. The van der Waals surface area contributed by atoms with Crippen LogP contribution in [0.25, 0.3) is 72.9 Å². The van der Waals surface area contributed by atoms with Crippen LogP contribution < -0.4 is 30.6 Å². The first-order valence-electron chi connectivity index (χ1n) is 18.8. The lowest BCUT2D eigenvalue weighted by Gasteiger charge is -2.37. The van der Waals surface area contributed by atoms with E-state index in [1.54, 1.807) is 0 Å². The van der Waals surface area contributed by atoms with Gasteiger partial charge in [0, 0.05) is 32.7 Å². The van der Waals surface area contributed by atoms with E-state index in [0.717, 1.165) is 88.8 Å². The van der Waals surface area contributed by atoms with Crippen LogP contribution in [0.2, 0.25) is 0 Å². The summed E-state index contributed by atoms with van der Waals surface area (Å²) in [6.45, 7) is -0.103. The fourth-order valence-corrected chi connectivity index (χ4v) is 9.31. The quantitative estimate of drug-likeness (QED) is 0.169. The van der Waals surface area contributed by atoms with E-state index in [0.29, 0.717) is 35.0 Å². The maximum Gasteiger partial charge on any atom is 0.270 e. The second-order valence-electron chi connectivity index (χ2n) is 14.7. The number of hydrogen-bond acceptors (Lipinski definition) is 7. The van der Waals surface area contributed by atoms with Crippen LogP contribution in [0.1, 0.15) is 0 Å². The van der Waals surface area contributed by atoms with Gasteiger partial charge in [-0.15, -0.1) is 0 Å². The van der Waals surface area contributed by atoms with Crippen molar-refractivity contribution in [2.45, 2.75) is 0 Å². The van der Waals surface area contributed by atoms with Gasteiger partial charge in [-0.3, -0.25) is 8.97 Å². The van der Waals surface area contributed by atoms with E-state index in [9.17, 15) is 0 Å². The zero-order valence-electron chi connectivity index (χ0n) is 29.8. The van der Waals surface area contributed by atoms with E-state index in [-0.39, 0.29) is 6.71 Å². The molecular weight excluding hydrogens is 709 g/mol. The van der Waals surface area contributed by atoms with Crippen LogP contribution >= 0.6 is 0 Å². The van der Waals surface area contributed by atoms with Gasteiger partial charge in [0.15, 0.2) is 5.82 Å². The summed E-state index contributed by atoms with van der Waals surface area (Å²) in [5.74, 6) is 6.54. The van der Waals surface area contributed by atoms with Crippen molar-refractivity contribution >= 4 is 72.8 Å². The Bertz CT molecular complexity index is 3480. The molecule has 0 amide bonds. The van der Waals surface area contributed by atoms with Crippen LogP contribution in [0, 0.1) is 0 Å². The van der Waals surface area contributed by atoms with Gasteiger partial charge in [0.1, 0.15) is 34.5 Å². The predicted molar refractivity (Wildman–Crippen MR) is 220 cm³/mol. The van der Waals surface area contributed by atoms with Crippen LogP contribution in [-0.2, 0) is 0 Å². The molecule has 11 heteroatoms. The Morgan fingerprint density at radius 3 is 1.53 bits per heavy atom. The number of nitrogens with zero attached hydrogens (tertiary/aromatic N) is 7. The molecule has 14 rings (SSSR count). The maximum atomic E-state index is 6.73. The summed E-state index contributed by atoms with van der Waals surface area (Å²) in [6.07, 6.45) is 0. The second-order valence-corrected chi connectivity index (χ2v) is 14.7. The van der Waals surface area contributed by atoms with Crippen LogP contribution in [0.15, 0.2) is 146 Å². The standard InChI is InChI=1S/C46H24BN7O3/c1-4-14-29-26(11-1)27-12-2-5-15-30(27)52(29)44-49-43(50-45(51-44)54-33-18-8-7-17-32(33)53-31-16-6-3-13-28(31)48-46(53)54)25-23-38-42-39(24-25)57-37-22-10-20-35-41(37)47(42)40-34(55-35)19-9-21-36(40)56-38/h1-24H. The van der Waals surface area contributed by atoms with E-state index in [4.69, 9.17) is 34.1 Å². The molecule has 0 saturated heterocycles. The Hall–Kier alpha value is -7.92. The highest BCUT2D eigenvalue weighted by Crippen LogP contribution is 2.43. The van der Waals surface area contributed by atoms with Crippen LogP contribution in [0.3, 0.4) is 0 Å². The zero-order chi connectivity index (χ0) is 36.9. The Labute approximate surface area is 322 Å². The highest BCUT2D eigenvalue weighted by molar-refractivity contribution is 6.99. The fraction of sp³-hybridized carbons (Fsp3) is 0. The lowest BCUT2D eigenvalue weighted by Crippen LogP contribution is -2.59. The first-order chi connectivity index (χ1) is 28.2. The van der Waals surface area contributed by atoms with Crippen molar-refractivity contribution in [3.05, 3.63) is 146 Å². The monoisotopic (exact) mass is 733 g/mol. The summed E-state index contributed by atoms with van der Waals surface area (Å²) in [6, 6.07) is 49.1. The Kier molecular flexibility index (Phi) is 5.39. The van der Waals surface area contributed by atoms with Crippen molar-refractivity contribution in [3.8, 4) is 57.8 Å². The molecule has 10 nitrogen and oxygen atoms in total. The van der Waals surface area contributed by atoms with Gasteiger partial charge in [0.05, 0.1) is 33.1 Å². The predicted octanol–water partition coefficient (Wildman–Crippen LogP) is 8.21. The number of benzene rings is 7. The van der Waals surface area contributed by atoms with E-state index < -0.39 is 0 Å². The van der Waals surface area contributed by atoms with Crippen molar-refractivity contribution < 1.29 is 14.2 Å². The van der Waals surface area contributed by atoms with Crippen LogP contribution in [-0.4, -0.2) is 40.2 Å². The third kappa shape index (κ3) is 3.79. The zero-order valence-corrected chi connectivity index (χ0v) is 29.8. The summed E-state index contributed by atoms with van der Waals surface area (Å²) in [4.78, 5) is 21.1. The Morgan fingerprint density at radius 1 is 0.404 bits per heavy atom. The molecule has 57 heavy (non-hydrogen) atoms. The number of imidazole rings is 2. The summed E-state index contributed by atoms with van der Waals surface area (Å²) in [5.41, 5.74) is 9.47. The van der Waals surface area contributed by atoms with Gasteiger partial charge >= 0.3 is 0 Å². The lowest BCUT2D eigenvalue weighted by molar-refractivity contribution is 0.443. The van der Waals surface area contributed by atoms with Gasteiger partial charge in [-0.05, 0) is 72.8 Å². The molecule has 0 aliphatic carbocycles. The summed E-state index contributed by atoms with van der Waals surface area (Å²) >= 11 is 0. The summed E-state index contributed by atoms with van der Waals surface area (Å²) < 4.78 is 26.2. The van der Waals surface area contributed by atoms with Gasteiger partial charge < -0.3 is 14.2 Å². The molecule has 0 atom stereocenters. The van der Waals surface area contributed by atoms with Crippen molar-refractivity contribution in [3.63, 3.8) is 0 Å². The molecule has 264 valence electrons. The number of aromatic nitrogens is 7. The van der Waals surface area contributed by atoms with Crippen molar-refractivity contribution in [2.75, 3.05) is 0 Å².